The standard InChI is InChI=1S/3C2H5.3ClH.Ti/c3*1-2;;;;/h3*1H2,2H3;3*1H;/q3*-1;;;;+3/p-3. The van der Waals surface area contributed by atoms with Crippen LogP contribution >= 0.6 is 27.9 Å². The van der Waals surface area contributed by atoms with Crippen LogP contribution in [0.15, 0.2) is 0 Å². The zero-order chi connectivity index (χ0) is 9.58. The molecule has 0 aliphatic rings. The van der Waals surface area contributed by atoms with Crippen molar-refractivity contribution in [3.63, 3.8) is 0 Å². The fraction of sp³-hybridized carbons (Fsp3) is 0.500. The van der Waals surface area contributed by atoms with E-state index < -0.39 is 14.7 Å². The molecular formula is C6H15Cl3Ti-3. The van der Waals surface area contributed by atoms with Crippen LogP contribution in [0.5, 0.6) is 0 Å². The average molecular weight is 241 g/mol. The van der Waals surface area contributed by atoms with Gasteiger partial charge in [-0.2, -0.15) is 20.8 Å². The maximum absolute atomic E-state index is 4.97. The Balaban J connectivity index is -0.0000000262. The van der Waals surface area contributed by atoms with Crippen LogP contribution in [0.2, 0.25) is 0 Å². The molecule has 0 N–H and O–H groups in total. The summed E-state index contributed by atoms with van der Waals surface area (Å²) in [4.78, 5) is 0. The second kappa shape index (κ2) is 46.3. The van der Waals surface area contributed by atoms with Gasteiger partial charge in [0.25, 0.3) is 0 Å². The Morgan fingerprint density at radius 3 is 0.700 bits per heavy atom. The van der Waals surface area contributed by atoms with E-state index in [2.05, 4.69) is 20.8 Å². The summed E-state index contributed by atoms with van der Waals surface area (Å²) in [6.45, 7) is 15.0. The van der Waals surface area contributed by atoms with Gasteiger partial charge in [0.05, 0.1) is 0 Å². The molecule has 0 aliphatic carbocycles. The first-order valence-electron chi connectivity index (χ1n) is 2.69. The molecule has 0 aromatic rings. The second-order valence-corrected chi connectivity index (χ2v) is 7.95. The molecule has 0 heterocycles. The second-order valence-electron chi connectivity index (χ2n) is 0.214. The molecule has 0 saturated heterocycles. The Labute approximate surface area is 83.7 Å². The fourth-order valence-corrected chi connectivity index (χ4v) is 0. The van der Waals surface area contributed by atoms with Crippen LogP contribution in [0.4, 0.5) is 0 Å². The Kier molecular flexibility index (Phi) is 104. The van der Waals surface area contributed by atoms with Crippen molar-refractivity contribution in [2.75, 3.05) is 0 Å². The third-order valence-electron chi connectivity index (χ3n) is 0. The number of hydrogen-bond donors (Lipinski definition) is 0. The first-order valence-corrected chi connectivity index (χ1v) is 9.13. The topological polar surface area (TPSA) is 0 Å². The van der Waals surface area contributed by atoms with Gasteiger partial charge < -0.3 is 20.8 Å². The van der Waals surface area contributed by atoms with Gasteiger partial charge >= 0.3 is 42.6 Å². The maximum atomic E-state index is 4.97. The summed E-state index contributed by atoms with van der Waals surface area (Å²) >= 11 is -1.92. The van der Waals surface area contributed by atoms with Crippen molar-refractivity contribution in [1.29, 1.82) is 0 Å². The van der Waals surface area contributed by atoms with Gasteiger partial charge in [-0.1, -0.05) is 0 Å². The van der Waals surface area contributed by atoms with Crippen molar-refractivity contribution in [3.05, 3.63) is 20.8 Å². The van der Waals surface area contributed by atoms with Gasteiger partial charge in [-0.25, -0.2) is 0 Å². The summed E-state index contributed by atoms with van der Waals surface area (Å²) in [5.41, 5.74) is 0. The predicted molar refractivity (Wildman–Crippen MR) is 50.7 cm³/mol. The Hall–Kier alpha value is 1.58. The van der Waals surface area contributed by atoms with Crippen molar-refractivity contribution < 1.29 is 14.7 Å². The third kappa shape index (κ3) is 281. The van der Waals surface area contributed by atoms with E-state index in [1.54, 1.807) is 20.8 Å². The minimum atomic E-state index is -1.92. The van der Waals surface area contributed by atoms with E-state index in [1.165, 1.54) is 0 Å². The summed E-state index contributed by atoms with van der Waals surface area (Å²) in [6, 6.07) is 0. The molecule has 0 fully saturated rings. The fourth-order valence-electron chi connectivity index (χ4n) is 0. The average Bonchev–Trinajstić information content (AvgIpc) is 1.98. The molecule has 0 amide bonds. The van der Waals surface area contributed by atoms with Gasteiger partial charge in [0, 0.05) is 0 Å². The van der Waals surface area contributed by atoms with Gasteiger partial charge in [0.1, 0.15) is 0 Å². The Morgan fingerprint density at radius 1 is 0.700 bits per heavy atom. The van der Waals surface area contributed by atoms with Crippen LogP contribution in [0.25, 0.3) is 0 Å². The third-order valence-corrected chi connectivity index (χ3v) is 0. The quantitative estimate of drug-likeness (QED) is 0.430. The van der Waals surface area contributed by atoms with Gasteiger partial charge in [-0.3, -0.25) is 0 Å². The number of hydrogen-bond acceptors (Lipinski definition) is 0. The number of halogens is 3. The molecule has 0 spiro atoms. The molecule has 0 bridgehead atoms. The Morgan fingerprint density at radius 2 is 0.700 bits per heavy atom. The first kappa shape index (κ1) is 22.6. The van der Waals surface area contributed by atoms with Crippen LogP contribution in [-0.4, -0.2) is 0 Å². The van der Waals surface area contributed by atoms with E-state index in [9.17, 15) is 0 Å². The molecule has 0 nitrogen and oxygen atoms in total. The SMILES string of the molecule is [CH2-]C.[CH2-]C.[CH2-]C.[Cl][Ti]([Cl])[Cl]. The molecule has 0 rings (SSSR count). The minimum absolute atomic E-state index is 1.75. The van der Waals surface area contributed by atoms with Gasteiger partial charge in [-0.15, -0.1) is 0 Å². The van der Waals surface area contributed by atoms with Crippen LogP contribution in [0.1, 0.15) is 20.8 Å². The predicted octanol–water partition coefficient (Wildman–Crippen LogP) is 4.59. The van der Waals surface area contributed by atoms with Crippen LogP contribution in [-0.2, 0) is 14.7 Å². The van der Waals surface area contributed by atoms with Crippen LogP contribution in [0, 0.1) is 20.8 Å². The molecule has 0 unspecified atom stereocenters. The molecule has 0 atom stereocenters. The van der Waals surface area contributed by atoms with E-state index in [0.29, 0.717) is 0 Å². The van der Waals surface area contributed by atoms with E-state index >= 15 is 0 Å². The molecule has 0 aromatic carbocycles. The van der Waals surface area contributed by atoms with Crippen molar-refractivity contribution in [3.8, 4) is 0 Å². The normalized spacial score (nSPS) is 4.50. The van der Waals surface area contributed by atoms with Crippen molar-refractivity contribution in [2.24, 2.45) is 0 Å². The molecule has 0 saturated carbocycles. The zero-order valence-electron chi connectivity index (χ0n) is 6.76. The summed E-state index contributed by atoms with van der Waals surface area (Å²) in [5, 5.41) is 0. The van der Waals surface area contributed by atoms with Gasteiger partial charge in [-0.05, 0) is 0 Å². The first-order chi connectivity index (χ1) is 4.73. The summed E-state index contributed by atoms with van der Waals surface area (Å²) in [7, 11) is 14.9. The van der Waals surface area contributed by atoms with Crippen LogP contribution < -0.4 is 0 Å². The van der Waals surface area contributed by atoms with E-state index in [1.807, 2.05) is 0 Å². The van der Waals surface area contributed by atoms with Crippen molar-refractivity contribution >= 4 is 27.9 Å². The Bertz CT molecular complexity index is 17.7. The molecule has 4 heteroatoms. The van der Waals surface area contributed by atoms with Gasteiger partial charge in [0.2, 0.25) is 0 Å². The molecule has 0 aromatic heterocycles. The zero-order valence-corrected chi connectivity index (χ0v) is 10.6. The summed E-state index contributed by atoms with van der Waals surface area (Å²) < 4.78 is 0. The van der Waals surface area contributed by atoms with E-state index in [0.717, 1.165) is 0 Å². The monoisotopic (exact) mass is 240 g/mol. The molecule has 67 valence electrons. The van der Waals surface area contributed by atoms with Crippen LogP contribution in [0.3, 0.4) is 0 Å². The molecule has 10 heavy (non-hydrogen) atoms. The van der Waals surface area contributed by atoms with Crippen molar-refractivity contribution in [1.82, 2.24) is 0 Å². The van der Waals surface area contributed by atoms with Crippen molar-refractivity contribution in [2.45, 2.75) is 20.8 Å². The molecular weight excluding hydrogens is 226 g/mol. The molecule has 0 aliphatic heterocycles. The molecule has 0 radical (unpaired) electrons. The van der Waals surface area contributed by atoms with E-state index in [4.69, 9.17) is 27.9 Å². The number of rotatable bonds is 0. The summed E-state index contributed by atoms with van der Waals surface area (Å²) in [6.07, 6.45) is 0. The van der Waals surface area contributed by atoms with E-state index in [-0.39, 0.29) is 0 Å². The summed E-state index contributed by atoms with van der Waals surface area (Å²) in [5.74, 6) is 0. The van der Waals surface area contributed by atoms with Gasteiger partial charge in [0.15, 0.2) is 0 Å².